The number of carbonyl (C=O) groups is 1. The van der Waals surface area contributed by atoms with E-state index in [1.807, 2.05) is 31.2 Å². The Morgan fingerprint density at radius 3 is 2.20 bits per heavy atom. The van der Waals surface area contributed by atoms with Crippen LogP contribution in [-0.2, 0) is 20.2 Å². The van der Waals surface area contributed by atoms with Crippen molar-refractivity contribution in [2.75, 3.05) is 11.9 Å². The lowest BCUT2D eigenvalue weighted by Crippen LogP contribution is -2.33. The topological polar surface area (TPSA) is 75.3 Å². The van der Waals surface area contributed by atoms with Crippen molar-refractivity contribution in [3.05, 3.63) is 59.7 Å². The highest BCUT2D eigenvalue weighted by Gasteiger charge is 2.19. The first-order valence-corrected chi connectivity index (χ1v) is 9.53. The van der Waals surface area contributed by atoms with Crippen molar-refractivity contribution in [3.63, 3.8) is 0 Å². The van der Waals surface area contributed by atoms with Gasteiger partial charge in [0.05, 0.1) is 11.4 Å². The summed E-state index contributed by atoms with van der Waals surface area (Å²) in [5.41, 5.74) is 2.51. The molecule has 0 aromatic heterocycles. The van der Waals surface area contributed by atoms with Crippen LogP contribution in [0.15, 0.2) is 53.4 Å². The molecule has 6 heteroatoms. The largest absolute Gasteiger partial charge is 0.325 e. The second-order valence-electron chi connectivity index (χ2n) is 6.98. The molecule has 0 aliphatic heterocycles. The minimum atomic E-state index is -3.71. The van der Waals surface area contributed by atoms with Crippen LogP contribution < -0.4 is 10.0 Å². The van der Waals surface area contributed by atoms with E-state index >= 15 is 0 Å². The van der Waals surface area contributed by atoms with Crippen LogP contribution >= 0.6 is 0 Å². The predicted octanol–water partition coefficient (Wildman–Crippen LogP) is 3.21. The van der Waals surface area contributed by atoms with Gasteiger partial charge in [-0.2, -0.15) is 0 Å². The number of hydrogen-bond acceptors (Lipinski definition) is 3. The van der Waals surface area contributed by atoms with Gasteiger partial charge in [0.15, 0.2) is 0 Å². The number of carbonyl (C=O) groups excluding carboxylic acids is 1. The van der Waals surface area contributed by atoms with Crippen molar-refractivity contribution in [1.29, 1.82) is 0 Å². The SMILES string of the molecule is Cc1ccc(S(=O)(=O)NCC(=O)Nc2ccccc2C(C)(C)C)cc1. The normalized spacial score (nSPS) is 12.0. The zero-order valence-electron chi connectivity index (χ0n) is 15.0. The molecule has 0 heterocycles. The van der Waals surface area contributed by atoms with Crippen LogP contribution in [0.3, 0.4) is 0 Å². The summed E-state index contributed by atoms with van der Waals surface area (Å²) >= 11 is 0. The first-order valence-electron chi connectivity index (χ1n) is 8.05. The van der Waals surface area contributed by atoms with Crippen molar-refractivity contribution in [2.45, 2.75) is 38.0 Å². The molecule has 0 aliphatic rings. The summed E-state index contributed by atoms with van der Waals surface area (Å²) in [6.45, 7) is 7.72. The first-order chi connectivity index (χ1) is 11.6. The quantitative estimate of drug-likeness (QED) is 0.860. The van der Waals surface area contributed by atoms with Crippen molar-refractivity contribution >= 4 is 21.6 Å². The molecular formula is C19H24N2O3S. The summed E-state index contributed by atoms with van der Waals surface area (Å²) in [7, 11) is -3.71. The summed E-state index contributed by atoms with van der Waals surface area (Å²) in [4.78, 5) is 12.3. The van der Waals surface area contributed by atoms with Crippen molar-refractivity contribution < 1.29 is 13.2 Å². The average Bonchev–Trinajstić information content (AvgIpc) is 2.53. The Balaban J connectivity index is 2.06. The van der Waals surface area contributed by atoms with Gasteiger partial charge in [-0.05, 0) is 36.1 Å². The Bertz CT molecular complexity index is 851. The molecule has 1 amide bonds. The number of amides is 1. The summed E-state index contributed by atoms with van der Waals surface area (Å²) in [5.74, 6) is -0.410. The van der Waals surface area contributed by atoms with E-state index < -0.39 is 15.9 Å². The van der Waals surface area contributed by atoms with Crippen molar-refractivity contribution in [3.8, 4) is 0 Å². The molecule has 0 spiro atoms. The summed E-state index contributed by atoms with van der Waals surface area (Å²) in [5, 5.41) is 2.78. The van der Waals surface area contributed by atoms with Gasteiger partial charge in [-0.15, -0.1) is 0 Å². The zero-order valence-corrected chi connectivity index (χ0v) is 15.8. The number of benzene rings is 2. The average molecular weight is 360 g/mol. The number of rotatable bonds is 5. The maximum atomic E-state index is 12.2. The second-order valence-corrected chi connectivity index (χ2v) is 8.75. The van der Waals surface area contributed by atoms with E-state index in [1.165, 1.54) is 12.1 Å². The molecule has 2 N–H and O–H groups in total. The first kappa shape index (κ1) is 19.1. The van der Waals surface area contributed by atoms with Crippen LogP contribution in [0.25, 0.3) is 0 Å². The van der Waals surface area contributed by atoms with E-state index in [9.17, 15) is 13.2 Å². The Kier molecular flexibility index (Phi) is 5.65. The molecule has 0 radical (unpaired) electrons. The molecular weight excluding hydrogens is 336 g/mol. The van der Waals surface area contributed by atoms with Gasteiger partial charge in [-0.1, -0.05) is 56.7 Å². The Morgan fingerprint density at radius 1 is 1.00 bits per heavy atom. The molecule has 2 aromatic carbocycles. The lowest BCUT2D eigenvalue weighted by molar-refractivity contribution is -0.115. The highest BCUT2D eigenvalue weighted by molar-refractivity contribution is 7.89. The monoisotopic (exact) mass is 360 g/mol. The van der Waals surface area contributed by atoms with Crippen LogP contribution in [-0.4, -0.2) is 20.9 Å². The molecule has 0 aliphatic carbocycles. The molecule has 2 aromatic rings. The van der Waals surface area contributed by atoms with E-state index in [2.05, 4.69) is 30.8 Å². The molecule has 25 heavy (non-hydrogen) atoms. The van der Waals surface area contributed by atoms with Gasteiger partial charge in [0.1, 0.15) is 0 Å². The van der Waals surface area contributed by atoms with Crippen LogP contribution in [0.2, 0.25) is 0 Å². The summed E-state index contributed by atoms with van der Waals surface area (Å²) in [6.07, 6.45) is 0. The fraction of sp³-hybridized carbons (Fsp3) is 0.316. The number of aryl methyl sites for hydroxylation is 1. The molecule has 2 rings (SSSR count). The zero-order chi connectivity index (χ0) is 18.7. The molecule has 134 valence electrons. The fourth-order valence-corrected chi connectivity index (χ4v) is 3.38. The summed E-state index contributed by atoms with van der Waals surface area (Å²) < 4.78 is 26.8. The number of sulfonamides is 1. The Labute approximate surface area is 149 Å². The standard InChI is InChI=1S/C19H24N2O3S/c1-14-9-11-15(12-10-14)25(23,24)20-13-18(22)21-17-8-6-5-7-16(17)19(2,3)4/h5-12,20H,13H2,1-4H3,(H,21,22). The lowest BCUT2D eigenvalue weighted by Gasteiger charge is -2.23. The van der Waals surface area contributed by atoms with Crippen LogP contribution in [0, 0.1) is 6.92 Å². The molecule has 0 saturated carbocycles. The number of para-hydroxylation sites is 1. The lowest BCUT2D eigenvalue weighted by atomic mass is 9.86. The van der Waals surface area contributed by atoms with E-state index in [0.29, 0.717) is 5.69 Å². The molecule has 0 saturated heterocycles. The minimum Gasteiger partial charge on any atom is -0.325 e. The van der Waals surface area contributed by atoms with Gasteiger partial charge < -0.3 is 5.32 Å². The minimum absolute atomic E-state index is 0.134. The van der Waals surface area contributed by atoms with Gasteiger partial charge in [0.2, 0.25) is 15.9 Å². The van der Waals surface area contributed by atoms with Crippen molar-refractivity contribution in [2.24, 2.45) is 0 Å². The third-order valence-corrected chi connectivity index (χ3v) is 5.18. The maximum absolute atomic E-state index is 12.2. The Hall–Kier alpha value is -2.18. The number of hydrogen-bond donors (Lipinski definition) is 2. The maximum Gasteiger partial charge on any atom is 0.241 e. The fourth-order valence-electron chi connectivity index (χ4n) is 2.40. The third-order valence-electron chi connectivity index (χ3n) is 3.76. The van der Waals surface area contributed by atoms with E-state index in [1.54, 1.807) is 12.1 Å². The smallest absolute Gasteiger partial charge is 0.241 e. The molecule has 0 bridgehead atoms. The molecule has 0 unspecified atom stereocenters. The molecule has 5 nitrogen and oxygen atoms in total. The number of nitrogens with one attached hydrogen (secondary N) is 2. The van der Waals surface area contributed by atoms with Crippen LogP contribution in [0.1, 0.15) is 31.9 Å². The van der Waals surface area contributed by atoms with Gasteiger partial charge >= 0.3 is 0 Å². The predicted molar refractivity (Wildman–Crippen MR) is 100 cm³/mol. The molecule has 0 atom stereocenters. The van der Waals surface area contributed by atoms with Gasteiger partial charge in [-0.25, -0.2) is 13.1 Å². The van der Waals surface area contributed by atoms with Gasteiger partial charge in [0.25, 0.3) is 0 Å². The van der Waals surface area contributed by atoms with E-state index in [-0.39, 0.29) is 16.9 Å². The van der Waals surface area contributed by atoms with Gasteiger partial charge in [-0.3, -0.25) is 4.79 Å². The van der Waals surface area contributed by atoms with Crippen LogP contribution in [0.4, 0.5) is 5.69 Å². The highest BCUT2D eigenvalue weighted by atomic mass is 32.2. The number of anilines is 1. The second kappa shape index (κ2) is 7.37. The van der Waals surface area contributed by atoms with E-state index in [0.717, 1.165) is 11.1 Å². The Morgan fingerprint density at radius 2 is 1.60 bits per heavy atom. The third kappa shape index (κ3) is 5.14. The summed E-state index contributed by atoms with van der Waals surface area (Å²) in [6, 6.07) is 14.0. The van der Waals surface area contributed by atoms with Crippen molar-refractivity contribution in [1.82, 2.24) is 4.72 Å². The highest BCUT2D eigenvalue weighted by Crippen LogP contribution is 2.29. The van der Waals surface area contributed by atoms with Gasteiger partial charge in [0, 0.05) is 5.69 Å². The molecule has 0 fully saturated rings. The van der Waals surface area contributed by atoms with Crippen LogP contribution in [0.5, 0.6) is 0 Å². The van der Waals surface area contributed by atoms with E-state index in [4.69, 9.17) is 0 Å².